The minimum Gasteiger partial charge on any atom is -0.487 e. The number of halogens is 4. The molecule has 44 heavy (non-hydrogen) atoms. The molecule has 2 aromatic carbocycles. The van der Waals surface area contributed by atoms with Crippen molar-refractivity contribution in [3.63, 3.8) is 0 Å². The number of rotatable bonds is 14. The molecule has 0 radical (unpaired) electrons. The molecule has 234 valence electrons. The van der Waals surface area contributed by atoms with Crippen LogP contribution >= 0.6 is 0 Å². The van der Waals surface area contributed by atoms with Gasteiger partial charge in [-0.2, -0.15) is 18.3 Å². The number of hydrogen-bond acceptors (Lipinski definition) is 7. The van der Waals surface area contributed by atoms with Gasteiger partial charge < -0.3 is 18.6 Å². The first-order valence-electron chi connectivity index (χ1n) is 14.1. The first-order chi connectivity index (χ1) is 21.1. The van der Waals surface area contributed by atoms with Crippen LogP contribution < -0.4 is 4.74 Å². The highest BCUT2D eigenvalue weighted by molar-refractivity contribution is 5.66. The highest BCUT2D eigenvalue weighted by Gasteiger charge is 2.31. The Morgan fingerprint density at radius 3 is 2.61 bits per heavy atom. The summed E-state index contributed by atoms with van der Waals surface area (Å²) in [6.45, 7) is 4.83. The molecule has 0 saturated carbocycles. The van der Waals surface area contributed by atoms with E-state index < -0.39 is 23.7 Å². The van der Waals surface area contributed by atoms with Crippen LogP contribution in [0.5, 0.6) is 5.75 Å². The second-order valence-corrected chi connectivity index (χ2v) is 9.91. The Bertz CT molecular complexity index is 1560. The second kappa shape index (κ2) is 15.2. The average Bonchev–Trinajstić information content (AvgIpc) is 3.63. The molecule has 0 amide bonds. The molecule has 0 spiro atoms. The van der Waals surface area contributed by atoms with Crippen molar-refractivity contribution in [1.29, 1.82) is 0 Å². The van der Waals surface area contributed by atoms with Crippen LogP contribution in [0.2, 0.25) is 0 Å². The zero-order valence-corrected chi connectivity index (χ0v) is 24.4. The molecule has 0 aliphatic rings. The van der Waals surface area contributed by atoms with Crippen LogP contribution in [-0.4, -0.2) is 34.1 Å². The van der Waals surface area contributed by atoms with Gasteiger partial charge in [-0.05, 0) is 87.1 Å². The highest BCUT2D eigenvalue weighted by Crippen LogP contribution is 2.30. The van der Waals surface area contributed by atoms with E-state index in [1.54, 1.807) is 13.1 Å². The zero-order chi connectivity index (χ0) is 31.5. The quantitative estimate of drug-likeness (QED) is 0.0812. The van der Waals surface area contributed by atoms with Gasteiger partial charge >= 0.3 is 12.3 Å². The van der Waals surface area contributed by atoms with Crippen LogP contribution in [0.3, 0.4) is 0 Å². The molecular formula is C32H33F4N3O5. The number of aromatic nitrogens is 3. The van der Waals surface area contributed by atoms with E-state index in [-0.39, 0.29) is 31.3 Å². The predicted octanol–water partition coefficient (Wildman–Crippen LogP) is 7.83. The Morgan fingerprint density at radius 1 is 1.05 bits per heavy atom. The Morgan fingerprint density at radius 2 is 1.86 bits per heavy atom. The predicted molar refractivity (Wildman–Crippen MR) is 154 cm³/mol. The molecule has 4 rings (SSSR count). The Balaban J connectivity index is 1.20. The van der Waals surface area contributed by atoms with Gasteiger partial charge in [0.25, 0.3) is 0 Å². The minimum atomic E-state index is -4.61. The van der Waals surface area contributed by atoms with Gasteiger partial charge in [-0.3, -0.25) is 4.68 Å². The second-order valence-electron chi connectivity index (χ2n) is 9.91. The molecule has 0 N–H and O–H groups in total. The number of alkyl halides is 3. The van der Waals surface area contributed by atoms with E-state index in [2.05, 4.69) is 10.1 Å². The SMILES string of the molecule is CCOC(=O)OCCn1nccc1CCCCc1ccc(OCc2coc(/C=C/c3ccc(C(F)(F)F)cc3F)n2)cc1C. The number of ether oxygens (including phenoxy) is 3. The van der Waals surface area contributed by atoms with Crippen molar-refractivity contribution in [2.75, 3.05) is 13.2 Å². The molecule has 0 aliphatic carbocycles. The lowest BCUT2D eigenvalue weighted by Gasteiger charge is -2.10. The third-order valence-corrected chi connectivity index (χ3v) is 6.72. The number of benzene rings is 2. The topological polar surface area (TPSA) is 88.6 Å². The van der Waals surface area contributed by atoms with Crippen LogP contribution in [-0.2, 0) is 41.6 Å². The van der Waals surface area contributed by atoms with Gasteiger partial charge in [0.05, 0.1) is 18.7 Å². The van der Waals surface area contributed by atoms with E-state index in [4.69, 9.17) is 18.6 Å². The van der Waals surface area contributed by atoms with Gasteiger partial charge in [0.15, 0.2) is 0 Å². The molecule has 8 nitrogen and oxygen atoms in total. The van der Waals surface area contributed by atoms with E-state index in [0.29, 0.717) is 24.1 Å². The van der Waals surface area contributed by atoms with Crippen LogP contribution in [0, 0.1) is 12.7 Å². The maximum Gasteiger partial charge on any atom is 0.508 e. The summed E-state index contributed by atoms with van der Waals surface area (Å²) < 4.78 is 75.1. The number of nitrogens with zero attached hydrogens (tertiary/aromatic N) is 3. The van der Waals surface area contributed by atoms with E-state index in [9.17, 15) is 22.4 Å². The Kier molecular flexibility index (Phi) is 11.2. The van der Waals surface area contributed by atoms with Crippen molar-refractivity contribution in [2.45, 2.75) is 58.9 Å². The van der Waals surface area contributed by atoms with Crippen LogP contribution in [0.25, 0.3) is 12.2 Å². The van der Waals surface area contributed by atoms with Gasteiger partial charge in [-0.25, -0.2) is 14.2 Å². The first kappa shape index (κ1) is 32.3. The molecule has 2 aromatic heterocycles. The van der Waals surface area contributed by atoms with Crippen molar-refractivity contribution in [2.24, 2.45) is 0 Å². The van der Waals surface area contributed by atoms with E-state index in [1.807, 2.05) is 35.9 Å². The molecule has 2 heterocycles. The monoisotopic (exact) mass is 615 g/mol. The van der Waals surface area contributed by atoms with Gasteiger partial charge in [-0.15, -0.1) is 0 Å². The van der Waals surface area contributed by atoms with Gasteiger partial charge in [-0.1, -0.05) is 12.1 Å². The average molecular weight is 616 g/mol. The highest BCUT2D eigenvalue weighted by atomic mass is 19.4. The standard InChI is InChI=1S/C32H33F4N3O5/c1-3-41-31(40)42-17-16-39-27(14-15-37-39)7-5-4-6-23-9-12-28(18-22(23)2)43-20-26-21-44-30(38-26)13-10-24-8-11-25(19-29(24)33)32(34,35)36/h8-15,18-19,21H,3-7,16-17,20H2,1-2H3/b13-10+. The summed E-state index contributed by atoms with van der Waals surface area (Å²) in [7, 11) is 0. The first-order valence-corrected chi connectivity index (χ1v) is 14.1. The maximum atomic E-state index is 14.1. The van der Waals surface area contributed by atoms with Gasteiger partial charge in [0, 0.05) is 23.5 Å². The molecule has 4 aromatic rings. The number of carbonyl (C=O) groups is 1. The number of carbonyl (C=O) groups excluding carboxylic acids is 1. The zero-order valence-electron chi connectivity index (χ0n) is 24.4. The van der Waals surface area contributed by atoms with Crippen molar-refractivity contribution >= 4 is 18.3 Å². The fraction of sp³-hybridized carbons (Fsp3) is 0.344. The fourth-order valence-electron chi connectivity index (χ4n) is 4.43. The Labute approximate surface area is 252 Å². The summed E-state index contributed by atoms with van der Waals surface area (Å²) in [6, 6.07) is 10.2. The largest absolute Gasteiger partial charge is 0.508 e. The lowest BCUT2D eigenvalue weighted by Crippen LogP contribution is -2.14. The van der Waals surface area contributed by atoms with E-state index >= 15 is 0 Å². The molecule has 0 atom stereocenters. The molecule has 0 bridgehead atoms. The minimum absolute atomic E-state index is 0.0193. The molecular weight excluding hydrogens is 582 g/mol. The molecule has 0 aliphatic heterocycles. The van der Waals surface area contributed by atoms with E-state index in [0.717, 1.165) is 49.1 Å². The van der Waals surface area contributed by atoms with Crippen molar-refractivity contribution in [1.82, 2.24) is 14.8 Å². The maximum absolute atomic E-state index is 14.1. The summed E-state index contributed by atoms with van der Waals surface area (Å²) >= 11 is 0. The number of unbranched alkanes of at least 4 members (excludes halogenated alkanes) is 1. The number of aryl methyl sites for hydroxylation is 3. The normalized spacial score (nSPS) is 11.7. The van der Waals surface area contributed by atoms with Gasteiger partial charge in [0.2, 0.25) is 5.89 Å². The third-order valence-electron chi connectivity index (χ3n) is 6.72. The number of hydrogen-bond donors (Lipinski definition) is 0. The van der Waals surface area contributed by atoms with Crippen LogP contribution in [0.1, 0.15) is 59.3 Å². The van der Waals surface area contributed by atoms with Crippen LogP contribution in [0.4, 0.5) is 22.4 Å². The van der Waals surface area contributed by atoms with Crippen molar-refractivity contribution < 1.29 is 41.0 Å². The van der Waals surface area contributed by atoms with Crippen molar-refractivity contribution in [3.05, 3.63) is 100 Å². The molecule has 0 fully saturated rings. The summed E-state index contributed by atoms with van der Waals surface area (Å²) in [4.78, 5) is 15.6. The van der Waals surface area contributed by atoms with Crippen molar-refractivity contribution in [3.8, 4) is 5.75 Å². The number of oxazole rings is 1. The smallest absolute Gasteiger partial charge is 0.487 e. The molecule has 0 unspecified atom stereocenters. The Hall–Kier alpha value is -4.61. The summed E-state index contributed by atoms with van der Waals surface area (Å²) in [5, 5.41) is 4.31. The van der Waals surface area contributed by atoms with E-state index in [1.165, 1.54) is 24.0 Å². The molecule has 12 heteroatoms. The third kappa shape index (κ3) is 9.45. The summed E-state index contributed by atoms with van der Waals surface area (Å²) in [6.07, 6.45) is 4.25. The molecule has 0 saturated heterocycles. The van der Waals surface area contributed by atoms with Gasteiger partial charge in [0.1, 0.15) is 36.7 Å². The fourth-order valence-corrected chi connectivity index (χ4v) is 4.43. The van der Waals surface area contributed by atoms with Crippen LogP contribution in [0.15, 0.2) is 59.3 Å². The summed E-state index contributed by atoms with van der Waals surface area (Å²) in [5.41, 5.74) is 2.84. The lowest BCUT2D eigenvalue weighted by molar-refractivity contribution is -0.137. The lowest BCUT2D eigenvalue weighted by atomic mass is 10.0. The summed E-state index contributed by atoms with van der Waals surface area (Å²) in [5.74, 6) is -0.151.